The predicted octanol–water partition coefficient (Wildman–Crippen LogP) is 0.350. The SMILES string of the molecule is COC(=O)CC(NC(=O)[C@H](NC(=O)[C@@H](N)CC(=O)O)C(C)C)c1ccccc1. The maximum atomic E-state index is 12.8. The van der Waals surface area contributed by atoms with Crippen LogP contribution in [0.5, 0.6) is 0 Å². The van der Waals surface area contributed by atoms with E-state index in [0.29, 0.717) is 5.56 Å². The molecule has 154 valence electrons. The molecule has 0 aliphatic heterocycles. The Morgan fingerprint density at radius 3 is 2.14 bits per heavy atom. The number of nitrogens with two attached hydrogens (primary N) is 1. The summed E-state index contributed by atoms with van der Waals surface area (Å²) in [4.78, 5) is 47.4. The van der Waals surface area contributed by atoms with Crippen molar-refractivity contribution >= 4 is 23.8 Å². The van der Waals surface area contributed by atoms with Crippen LogP contribution in [-0.4, -0.2) is 48.1 Å². The number of ether oxygens (including phenoxy) is 1. The van der Waals surface area contributed by atoms with Gasteiger partial charge in [0.15, 0.2) is 0 Å². The van der Waals surface area contributed by atoms with E-state index in [4.69, 9.17) is 15.6 Å². The van der Waals surface area contributed by atoms with Gasteiger partial charge in [-0.25, -0.2) is 0 Å². The lowest BCUT2D eigenvalue weighted by Gasteiger charge is -2.26. The van der Waals surface area contributed by atoms with Gasteiger partial charge in [0.2, 0.25) is 11.8 Å². The van der Waals surface area contributed by atoms with E-state index in [1.54, 1.807) is 38.1 Å². The van der Waals surface area contributed by atoms with E-state index >= 15 is 0 Å². The van der Waals surface area contributed by atoms with Crippen molar-refractivity contribution in [3.63, 3.8) is 0 Å². The molecule has 2 amide bonds. The van der Waals surface area contributed by atoms with Crippen molar-refractivity contribution in [2.24, 2.45) is 11.7 Å². The van der Waals surface area contributed by atoms with Crippen molar-refractivity contribution in [1.29, 1.82) is 0 Å². The van der Waals surface area contributed by atoms with E-state index in [1.807, 2.05) is 6.07 Å². The van der Waals surface area contributed by atoms with Gasteiger partial charge in [0, 0.05) is 0 Å². The molecule has 0 aliphatic rings. The van der Waals surface area contributed by atoms with Crippen LogP contribution in [0.15, 0.2) is 30.3 Å². The molecule has 0 radical (unpaired) electrons. The van der Waals surface area contributed by atoms with Crippen LogP contribution in [-0.2, 0) is 23.9 Å². The lowest BCUT2D eigenvalue weighted by molar-refractivity contribution is -0.141. The average Bonchev–Trinajstić information content (AvgIpc) is 2.64. The molecular formula is C19H27N3O6. The fourth-order valence-electron chi connectivity index (χ4n) is 2.53. The topological polar surface area (TPSA) is 148 Å². The minimum Gasteiger partial charge on any atom is -0.481 e. The van der Waals surface area contributed by atoms with Gasteiger partial charge in [0.05, 0.1) is 32.0 Å². The molecule has 0 aromatic heterocycles. The van der Waals surface area contributed by atoms with Crippen LogP contribution in [0.4, 0.5) is 0 Å². The van der Waals surface area contributed by atoms with Crippen LogP contribution in [0, 0.1) is 5.92 Å². The summed E-state index contributed by atoms with van der Waals surface area (Å²) in [5.74, 6) is -3.25. The highest BCUT2D eigenvalue weighted by atomic mass is 16.5. The van der Waals surface area contributed by atoms with Gasteiger partial charge in [-0.1, -0.05) is 44.2 Å². The van der Waals surface area contributed by atoms with Gasteiger partial charge >= 0.3 is 11.9 Å². The fourth-order valence-corrected chi connectivity index (χ4v) is 2.53. The number of carbonyl (C=O) groups is 4. The molecule has 0 spiro atoms. The van der Waals surface area contributed by atoms with E-state index in [-0.39, 0.29) is 12.3 Å². The second-order valence-corrected chi connectivity index (χ2v) is 6.69. The van der Waals surface area contributed by atoms with Gasteiger partial charge < -0.3 is 26.2 Å². The number of benzene rings is 1. The molecule has 9 nitrogen and oxygen atoms in total. The minimum absolute atomic E-state index is 0.0798. The molecule has 1 rings (SSSR count). The number of amides is 2. The number of carboxylic acid groups (broad SMARTS) is 1. The average molecular weight is 393 g/mol. The Bertz CT molecular complexity index is 692. The predicted molar refractivity (Wildman–Crippen MR) is 101 cm³/mol. The largest absolute Gasteiger partial charge is 0.481 e. The molecule has 3 atom stereocenters. The Morgan fingerprint density at radius 2 is 1.64 bits per heavy atom. The minimum atomic E-state index is -1.27. The van der Waals surface area contributed by atoms with E-state index in [9.17, 15) is 19.2 Å². The Kier molecular flexibility index (Phi) is 9.10. The highest BCUT2D eigenvalue weighted by Crippen LogP contribution is 2.18. The van der Waals surface area contributed by atoms with Crippen LogP contribution in [0.2, 0.25) is 0 Å². The summed E-state index contributed by atoms with van der Waals surface area (Å²) in [6, 6.07) is 6.02. The lowest BCUT2D eigenvalue weighted by atomic mass is 9.99. The van der Waals surface area contributed by atoms with Crippen molar-refractivity contribution in [1.82, 2.24) is 10.6 Å². The molecule has 0 aliphatic carbocycles. The maximum Gasteiger partial charge on any atom is 0.307 e. The number of hydrogen-bond acceptors (Lipinski definition) is 6. The van der Waals surface area contributed by atoms with E-state index in [2.05, 4.69) is 10.6 Å². The van der Waals surface area contributed by atoms with Crippen LogP contribution in [0.1, 0.15) is 38.3 Å². The third-order valence-corrected chi connectivity index (χ3v) is 4.10. The van der Waals surface area contributed by atoms with E-state index in [1.165, 1.54) is 7.11 Å². The second kappa shape index (κ2) is 11.0. The van der Waals surface area contributed by atoms with Gasteiger partial charge in [-0.15, -0.1) is 0 Å². The fraction of sp³-hybridized carbons (Fsp3) is 0.474. The van der Waals surface area contributed by atoms with Crippen molar-refractivity contribution in [3.05, 3.63) is 35.9 Å². The molecule has 5 N–H and O–H groups in total. The molecule has 0 saturated heterocycles. The molecule has 0 bridgehead atoms. The smallest absolute Gasteiger partial charge is 0.307 e. The maximum absolute atomic E-state index is 12.8. The van der Waals surface area contributed by atoms with Crippen LogP contribution >= 0.6 is 0 Å². The molecule has 9 heteroatoms. The van der Waals surface area contributed by atoms with Crippen molar-refractivity contribution in [2.45, 2.75) is 44.8 Å². The highest BCUT2D eigenvalue weighted by Gasteiger charge is 2.29. The molecule has 0 fully saturated rings. The third-order valence-electron chi connectivity index (χ3n) is 4.10. The summed E-state index contributed by atoms with van der Waals surface area (Å²) in [6.07, 6.45) is -0.628. The van der Waals surface area contributed by atoms with Crippen molar-refractivity contribution in [3.8, 4) is 0 Å². The summed E-state index contributed by atoms with van der Waals surface area (Å²) >= 11 is 0. The summed E-state index contributed by atoms with van der Waals surface area (Å²) in [6.45, 7) is 3.45. The molecule has 1 aromatic carbocycles. The molecule has 0 heterocycles. The molecule has 1 unspecified atom stereocenters. The molecule has 1 aromatic rings. The summed E-state index contributed by atoms with van der Waals surface area (Å²) in [5.41, 5.74) is 6.26. The number of carbonyl (C=O) groups excluding carboxylic acids is 3. The monoisotopic (exact) mass is 393 g/mol. The lowest BCUT2D eigenvalue weighted by Crippen LogP contribution is -2.54. The Labute approximate surface area is 163 Å². The second-order valence-electron chi connectivity index (χ2n) is 6.69. The highest BCUT2D eigenvalue weighted by molar-refractivity contribution is 5.91. The van der Waals surface area contributed by atoms with Crippen LogP contribution in [0.3, 0.4) is 0 Å². The Morgan fingerprint density at radius 1 is 1.04 bits per heavy atom. The normalized spacial score (nSPS) is 13.9. The number of esters is 1. The van der Waals surface area contributed by atoms with Gasteiger partial charge in [-0.05, 0) is 11.5 Å². The summed E-state index contributed by atoms with van der Waals surface area (Å²) in [5, 5.41) is 14.0. The Balaban J connectivity index is 2.93. The first-order valence-electron chi connectivity index (χ1n) is 8.85. The first-order chi connectivity index (χ1) is 13.1. The number of hydrogen-bond donors (Lipinski definition) is 4. The molecule has 0 saturated carbocycles. The third kappa shape index (κ3) is 7.36. The first-order valence-corrected chi connectivity index (χ1v) is 8.85. The summed E-state index contributed by atoms with van der Waals surface area (Å²) < 4.78 is 4.69. The molecular weight excluding hydrogens is 366 g/mol. The van der Waals surface area contributed by atoms with Gasteiger partial charge in [-0.2, -0.15) is 0 Å². The van der Waals surface area contributed by atoms with E-state index < -0.39 is 48.3 Å². The quantitative estimate of drug-likeness (QED) is 0.419. The standard InChI is InChI=1S/C19H27N3O6/c1-11(2)17(22-18(26)13(20)9-15(23)24)19(27)21-14(10-16(25)28-3)12-7-5-4-6-8-12/h4-8,11,13-14,17H,9-10,20H2,1-3H3,(H,21,27)(H,22,26)(H,23,24)/t13-,14?,17+/m0/s1. The van der Waals surface area contributed by atoms with E-state index in [0.717, 1.165) is 0 Å². The number of rotatable bonds is 10. The number of aliphatic carboxylic acids is 1. The first kappa shape index (κ1) is 23.1. The number of methoxy groups -OCH3 is 1. The van der Waals surface area contributed by atoms with Gasteiger partial charge in [-0.3, -0.25) is 19.2 Å². The van der Waals surface area contributed by atoms with Crippen LogP contribution in [0.25, 0.3) is 0 Å². The summed E-state index contributed by atoms with van der Waals surface area (Å²) in [7, 11) is 1.26. The number of nitrogens with one attached hydrogen (secondary N) is 2. The zero-order valence-electron chi connectivity index (χ0n) is 16.2. The van der Waals surface area contributed by atoms with Crippen molar-refractivity contribution < 1.29 is 29.0 Å². The number of carboxylic acids is 1. The molecule has 28 heavy (non-hydrogen) atoms. The van der Waals surface area contributed by atoms with Crippen molar-refractivity contribution in [2.75, 3.05) is 7.11 Å². The van der Waals surface area contributed by atoms with Crippen LogP contribution < -0.4 is 16.4 Å². The Hall–Kier alpha value is -2.94. The van der Waals surface area contributed by atoms with Gasteiger partial charge in [0.25, 0.3) is 0 Å². The zero-order chi connectivity index (χ0) is 21.3. The van der Waals surface area contributed by atoms with Gasteiger partial charge in [0.1, 0.15) is 6.04 Å². The zero-order valence-corrected chi connectivity index (χ0v) is 16.2.